The molecule has 1 aromatic carbocycles. The third-order valence-corrected chi connectivity index (χ3v) is 4.75. The van der Waals surface area contributed by atoms with Crippen LogP contribution in [0.15, 0.2) is 29.2 Å². The van der Waals surface area contributed by atoms with E-state index >= 15 is 0 Å². The van der Waals surface area contributed by atoms with E-state index in [1.807, 2.05) is 0 Å². The van der Waals surface area contributed by atoms with E-state index in [-0.39, 0.29) is 4.90 Å². The third kappa shape index (κ3) is 4.16. The van der Waals surface area contributed by atoms with Gasteiger partial charge in [0.25, 0.3) is 0 Å². The van der Waals surface area contributed by atoms with Crippen molar-refractivity contribution >= 4 is 16.0 Å². The molecule has 1 aliphatic heterocycles. The van der Waals surface area contributed by atoms with Crippen LogP contribution >= 0.6 is 0 Å². The molecule has 0 amide bonds. The highest BCUT2D eigenvalue weighted by atomic mass is 32.2. The minimum Gasteiger partial charge on any atom is -0.482 e. The van der Waals surface area contributed by atoms with Gasteiger partial charge in [0.2, 0.25) is 10.0 Å². The summed E-state index contributed by atoms with van der Waals surface area (Å²) < 4.78 is 37.3. The molecule has 0 bridgehead atoms. The van der Waals surface area contributed by atoms with Gasteiger partial charge in [-0.25, -0.2) is 17.9 Å². The first-order chi connectivity index (χ1) is 9.81. The van der Waals surface area contributed by atoms with Crippen LogP contribution in [0.4, 0.5) is 0 Å². The predicted molar refractivity (Wildman–Crippen MR) is 73.7 cm³/mol. The van der Waals surface area contributed by atoms with Crippen molar-refractivity contribution in [3.63, 3.8) is 0 Å². The quantitative estimate of drug-likeness (QED) is 0.797. The highest BCUT2D eigenvalue weighted by molar-refractivity contribution is 7.89. The first-order valence-corrected chi connectivity index (χ1v) is 7.85. The van der Waals surface area contributed by atoms with Crippen LogP contribution in [-0.2, 0) is 19.6 Å². The van der Waals surface area contributed by atoms with E-state index in [0.29, 0.717) is 25.4 Å². The van der Waals surface area contributed by atoms with Gasteiger partial charge < -0.3 is 14.6 Å². The van der Waals surface area contributed by atoms with Crippen LogP contribution in [0.5, 0.6) is 5.75 Å². The zero-order chi connectivity index (χ0) is 15.5. The molecule has 8 heteroatoms. The highest BCUT2D eigenvalue weighted by Gasteiger charge is 2.34. The van der Waals surface area contributed by atoms with E-state index in [1.54, 1.807) is 6.92 Å². The van der Waals surface area contributed by atoms with Crippen LogP contribution in [0.1, 0.15) is 13.3 Å². The summed E-state index contributed by atoms with van der Waals surface area (Å²) in [7, 11) is -3.65. The van der Waals surface area contributed by atoms with Gasteiger partial charge in [0.1, 0.15) is 5.75 Å². The number of aliphatic carboxylic acids is 1. The molecule has 0 spiro atoms. The molecule has 0 radical (unpaired) electrons. The van der Waals surface area contributed by atoms with Crippen molar-refractivity contribution in [3.05, 3.63) is 24.3 Å². The second-order valence-electron chi connectivity index (χ2n) is 5.12. The lowest BCUT2D eigenvalue weighted by atomic mass is 10.0. The number of hydrogen-bond acceptors (Lipinski definition) is 5. The van der Waals surface area contributed by atoms with Gasteiger partial charge in [-0.3, -0.25) is 0 Å². The number of carboxylic acid groups (broad SMARTS) is 1. The van der Waals surface area contributed by atoms with E-state index in [4.69, 9.17) is 14.6 Å². The summed E-state index contributed by atoms with van der Waals surface area (Å²) in [6, 6.07) is 5.59. The minimum absolute atomic E-state index is 0.0956. The second kappa shape index (κ2) is 6.00. The van der Waals surface area contributed by atoms with Gasteiger partial charge >= 0.3 is 5.97 Å². The SMILES string of the molecule is CC1(NS(=O)(=O)c2ccc(OCC(=O)O)cc2)CCOC1. The van der Waals surface area contributed by atoms with Gasteiger partial charge in [-0.05, 0) is 37.6 Å². The van der Waals surface area contributed by atoms with Crippen molar-refractivity contribution in [3.8, 4) is 5.75 Å². The lowest BCUT2D eigenvalue weighted by Gasteiger charge is -2.23. The molecule has 1 saturated heterocycles. The Hall–Kier alpha value is -1.64. The Kier molecular flexibility index (Phi) is 4.50. The maximum absolute atomic E-state index is 12.3. The fraction of sp³-hybridized carbons (Fsp3) is 0.462. The monoisotopic (exact) mass is 315 g/mol. The topological polar surface area (TPSA) is 102 Å². The molecule has 1 aliphatic rings. The van der Waals surface area contributed by atoms with Crippen LogP contribution in [-0.4, -0.2) is 44.9 Å². The molecule has 7 nitrogen and oxygen atoms in total. The molecule has 1 atom stereocenters. The number of hydrogen-bond donors (Lipinski definition) is 2. The fourth-order valence-electron chi connectivity index (χ4n) is 1.99. The van der Waals surface area contributed by atoms with Gasteiger partial charge in [0.05, 0.1) is 17.0 Å². The molecular formula is C13H17NO6S. The second-order valence-corrected chi connectivity index (χ2v) is 6.80. The Morgan fingerprint density at radius 2 is 2.10 bits per heavy atom. The maximum atomic E-state index is 12.3. The van der Waals surface area contributed by atoms with Crippen molar-refractivity contribution in [1.82, 2.24) is 4.72 Å². The van der Waals surface area contributed by atoms with Crippen LogP contribution in [0.2, 0.25) is 0 Å². The van der Waals surface area contributed by atoms with Gasteiger partial charge in [0, 0.05) is 6.61 Å². The predicted octanol–water partition coefficient (Wildman–Crippen LogP) is 0.607. The Morgan fingerprint density at radius 1 is 1.43 bits per heavy atom. The largest absolute Gasteiger partial charge is 0.482 e. The van der Waals surface area contributed by atoms with Crippen LogP contribution in [0.25, 0.3) is 0 Å². The molecule has 21 heavy (non-hydrogen) atoms. The molecule has 2 N–H and O–H groups in total. The number of rotatable bonds is 6. The summed E-state index contributed by atoms with van der Waals surface area (Å²) in [4.78, 5) is 10.5. The number of benzene rings is 1. The maximum Gasteiger partial charge on any atom is 0.341 e. The minimum atomic E-state index is -3.65. The molecule has 1 fully saturated rings. The summed E-state index contributed by atoms with van der Waals surface area (Å²) >= 11 is 0. The van der Waals surface area contributed by atoms with Crippen LogP contribution in [0, 0.1) is 0 Å². The molecule has 1 unspecified atom stereocenters. The summed E-state index contributed by atoms with van der Waals surface area (Å²) in [6.45, 7) is 2.19. The van der Waals surface area contributed by atoms with Crippen molar-refractivity contribution in [2.45, 2.75) is 23.8 Å². The van der Waals surface area contributed by atoms with E-state index in [9.17, 15) is 13.2 Å². The number of carbonyl (C=O) groups is 1. The van der Waals surface area contributed by atoms with Gasteiger partial charge in [0.15, 0.2) is 6.61 Å². The lowest BCUT2D eigenvalue weighted by molar-refractivity contribution is -0.139. The smallest absolute Gasteiger partial charge is 0.341 e. The van der Waals surface area contributed by atoms with E-state index in [0.717, 1.165) is 0 Å². The number of sulfonamides is 1. The van der Waals surface area contributed by atoms with Crippen molar-refractivity contribution < 1.29 is 27.8 Å². The first kappa shape index (κ1) is 15.7. The number of nitrogens with one attached hydrogen (secondary N) is 1. The molecule has 0 aromatic heterocycles. The summed E-state index contributed by atoms with van der Waals surface area (Å²) in [6.07, 6.45) is 0.617. The van der Waals surface area contributed by atoms with Crippen molar-refractivity contribution in [2.24, 2.45) is 0 Å². The van der Waals surface area contributed by atoms with Gasteiger partial charge in [-0.15, -0.1) is 0 Å². The normalized spacial score (nSPS) is 22.1. The first-order valence-electron chi connectivity index (χ1n) is 6.37. The van der Waals surface area contributed by atoms with E-state index in [2.05, 4.69) is 4.72 Å². The zero-order valence-corrected chi connectivity index (χ0v) is 12.4. The zero-order valence-electron chi connectivity index (χ0n) is 11.5. The van der Waals surface area contributed by atoms with Crippen LogP contribution < -0.4 is 9.46 Å². The fourth-order valence-corrected chi connectivity index (χ4v) is 3.41. The standard InChI is InChI=1S/C13H17NO6S/c1-13(6-7-19-9-13)14-21(17,18)11-4-2-10(3-5-11)20-8-12(15)16/h2-5,14H,6-9H2,1H3,(H,15,16). The molecule has 116 valence electrons. The van der Waals surface area contributed by atoms with Crippen molar-refractivity contribution in [2.75, 3.05) is 19.8 Å². The van der Waals surface area contributed by atoms with Crippen molar-refractivity contribution in [1.29, 1.82) is 0 Å². The van der Waals surface area contributed by atoms with Gasteiger partial charge in [-0.2, -0.15) is 0 Å². The summed E-state index contributed by atoms with van der Waals surface area (Å²) in [5.41, 5.74) is -0.600. The van der Waals surface area contributed by atoms with Crippen LogP contribution in [0.3, 0.4) is 0 Å². The number of carboxylic acids is 1. The van der Waals surface area contributed by atoms with Gasteiger partial charge in [-0.1, -0.05) is 0 Å². The third-order valence-electron chi connectivity index (χ3n) is 3.10. The Labute approximate surface area is 122 Å². The molecule has 0 saturated carbocycles. The average molecular weight is 315 g/mol. The number of ether oxygens (including phenoxy) is 2. The summed E-state index contributed by atoms with van der Waals surface area (Å²) in [5.74, 6) is -0.797. The summed E-state index contributed by atoms with van der Waals surface area (Å²) in [5, 5.41) is 8.50. The van der Waals surface area contributed by atoms with E-state index < -0.39 is 28.1 Å². The molecule has 2 rings (SSSR count). The highest BCUT2D eigenvalue weighted by Crippen LogP contribution is 2.22. The Bertz CT molecular complexity index is 604. The van der Waals surface area contributed by atoms with E-state index in [1.165, 1.54) is 24.3 Å². The lowest BCUT2D eigenvalue weighted by Crippen LogP contribution is -2.46. The Balaban J connectivity index is 2.08. The Morgan fingerprint density at radius 3 is 2.62 bits per heavy atom. The molecule has 1 heterocycles. The molecular weight excluding hydrogens is 298 g/mol. The molecule has 0 aliphatic carbocycles. The average Bonchev–Trinajstić information content (AvgIpc) is 2.82. The molecule has 1 aromatic rings.